The van der Waals surface area contributed by atoms with Gasteiger partial charge in [-0.25, -0.2) is 13.1 Å². The van der Waals surface area contributed by atoms with Crippen LogP contribution in [0.2, 0.25) is 0 Å². The van der Waals surface area contributed by atoms with Crippen molar-refractivity contribution in [1.82, 2.24) is 14.1 Å². The monoisotopic (exact) mass is 478 g/mol. The van der Waals surface area contributed by atoms with Crippen molar-refractivity contribution in [2.24, 2.45) is 5.92 Å². The molecule has 2 heterocycles. The maximum Gasteiger partial charge on any atom is 0.243 e. The van der Waals surface area contributed by atoms with E-state index in [1.54, 1.807) is 23.0 Å². The quantitative estimate of drug-likeness (QED) is 0.585. The third kappa shape index (κ3) is 4.65. The van der Waals surface area contributed by atoms with E-state index < -0.39 is 10.0 Å². The molecule has 1 amide bonds. The van der Waals surface area contributed by atoms with Crippen molar-refractivity contribution < 1.29 is 13.2 Å². The highest BCUT2D eigenvalue weighted by molar-refractivity contribution is 7.89. The number of rotatable bonds is 6. The molecule has 0 atom stereocenters. The van der Waals surface area contributed by atoms with E-state index in [0.717, 1.165) is 30.4 Å². The van der Waals surface area contributed by atoms with Gasteiger partial charge in [0.15, 0.2) is 0 Å². The normalized spacial score (nSPS) is 17.0. The fourth-order valence-electron chi connectivity index (χ4n) is 4.88. The lowest BCUT2D eigenvalue weighted by Crippen LogP contribution is -2.41. The summed E-state index contributed by atoms with van der Waals surface area (Å²) in [4.78, 5) is 13.3. The SMILES string of the molecule is Cc1ccc(Cn2nccc2NC(=O)C2CCN(S(=O)(=O)c3ccc4c(c3)CCC4)CC2)cc1. The number of amides is 1. The summed E-state index contributed by atoms with van der Waals surface area (Å²) in [5, 5.41) is 7.35. The number of nitrogens with one attached hydrogen (secondary N) is 1. The molecule has 2 aliphatic rings. The zero-order valence-electron chi connectivity index (χ0n) is 19.4. The van der Waals surface area contributed by atoms with Gasteiger partial charge in [-0.05, 0) is 67.9 Å². The molecule has 8 heteroatoms. The second-order valence-corrected chi connectivity index (χ2v) is 11.2. The van der Waals surface area contributed by atoms with Crippen LogP contribution in [0.5, 0.6) is 0 Å². The third-order valence-electron chi connectivity index (χ3n) is 6.95. The first-order chi connectivity index (χ1) is 16.4. The van der Waals surface area contributed by atoms with Crippen LogP contribution in [0.4, 0.5) is 5.82 Å². The lowest BCUT2D eigenvalue weighted by atomic mass is 9.97. The van der Waals surface area contributed by atoms with Crippen LogP contribution in [0.25, 0.3) is 0 Å². The molecule has 7 nitrogen and oxygen atoms in total. The smallest absolute Gasteiger partial charge is 0.243 e. The molecule has 34 heavy (non-hydrogen) atoms. The molecule has 1 aliphatic carbocycles. The Morgan fingerprint density at radius 3 is 2.53 bits per heavy atom. The minimum Gasteiger partial charge on any atom is -0.311 e. The van der Waals surface area contributed by atoms with Crippen LogP contribution in [0.15, 0.2) is 59.6 Å². The van der Waals surface area contributed by atoms with Gasteiger partial charge in [-0.15, -0.1) is 0 Å². The number of benzene rings is 2. The second-order valence-electron chi connectivity index (χ2n) is 9.31. The van der Waals surface area contributed by atoms with E-state index in [0.29, 0.717) is 43.2 Å². The van der Waals surface area contributed by atoms with Crippen molar-refractivity contribution in [3.8, 4) is 0 Å². The van der Waals surface area contributed by atoms with Crippen LogP contribution < -0.4 is 5.32 Å². The van der Waals surface area contributed by atoms with E-state index in [4.69, 9.17) is 0 Å². The topological polar surface area (TPSA) is 84.3 Å². The largest absolute Gasteiger partial charge is 0.311 e. The third-order valence-corrected chi connectivity index (χ3v) is 8.85. The zero-order valence-corrected chi connectivity index (χ0v) is 20.2. The summed E-state index contributed by atoms with van der Waals surface area (Å²) in [5.74, 6) is 0.341. The standard InChI is InChI=1S/C26H30N4O3S/c1-19-5-7-20(8-6-19)18-30-25(11-14-27-30)28-26(31)22-12-15-29(16-13-22)34(32,33)24-10-9-21-3-2-4-23(21)17-24/h5-11,14,17,22H,2-4,12-13,15-16,18H2,1H3,(H,28,31). The number of fused-ring (bicyclic) bond motifs is 1. The molecule has 0 spiro atoms. The van der Waals surface area contributed by atoms with Crippen molar-refractivity contribution in [2.75, 3.05) is 18.4 Å². The summed E-state index contributed by atoms with van der Waals surface area (Å²) in [6.07, 6.45) is 5.74. The second kappa shape index (κ2) is 9.35. The van der Waals surface area contributed by atoms with E-state index in [2.05, 4.69) is 34.7 Å². The fourth-order valence-corrected chi connectivity index (χ4v) is 6.40. The van der Waals surface area contributed by atoms with E-state index in [-0.39, 0.29) is 11.8 Å². The Bertz CT molecular complexity index is 1290. The van der Waals surface area contributed by atoms with Crippen LogP contribution in [0.1, 0.15) is 41.5 Å². The Kier molecular flexibility index (Phi) is 6.27. The van der Waals surface area contributed by atoms with Crippen molar-refractivity contribution in [3.63, 3.8) is 0 Å². The average molecular weight is 479 g/mol. The van der Waals surface area contributed by atoms with Gasteiger partial charge in [0, 0.05) is 25.1 Å². The van der Waals surface area contributed by atoms with Crippen LogP contribution in [0, 0.1) is 12.8 Å². The van der Waals surface area contributed by atoms with Crippen molar-refractivity contribution in [1.29, 1.82) is 0 Å². The highest BCUT2D eigenvalue weighted by atomic mass is 32.2. The molecule has 0 saturated carbocycles. The summed E-state index contributed by atoms with van der Waals surface area (Å²) in [6.45, 7) is 3.31. The number of hydrogen-bond acceptors (Lipinski definition) is 4. The van der Waals surface area contributed by atoms with Gasteiger partial charge in [-0.1, -0.05) is 35.9 Å². The summed E-state index contributed by atoms with van der Waals surface area (Å²) < 4.78 is 29.6. The predicted molar refractivity (Wildman–Crippen MR) is 131 cm³/mol. The number of carbonyl (C=O) groups excluding carboxylic acids is 1. The molecular weight excluding hydrogens is 448 g/mol. The molecule has 0 bridgehead atoms. The molecule has 1 fully saturated rings. The van der Waals surface area contributed by atoms with Crippen LogP contribution in [0.3, 0.4) is 0 Å². The van der Waals surface area contributed by atoms with Crippen LogP contribution in [-0.2, 0) is 34.2 Å². The fraction of sp³-hybridized carbons (Fsp3) is 0.385. The van der Waals surface area contributed by atoms with E-state index >= 15 is 0 Å². The molecule has 1 N–H and O–H groups in total. The van der Waals surface area contributed by atoms with Gasteiger partial charge >= 0.3 is 0 Å². The van der Waals surface area contributed by atoms with Gasteiger partial charge in [0.25, 0.3) is 0 Å². The maximum absolute atomic E-state index is 13.2. The number of aromatic nitrogens is 2. The minimum absolute atomic E-state index is 0.0831. The van der Waals surface area contributed by atoms with Gasteiger partial charge < -0.3 is 5.32 Å². The number of nitrogens with zero attached hydrogens (tertiary/aromatic N) is 3. The average Bonchev–Trinajstić information content (AvgIpc) is 3.49. The molecule has 178 valence electrons. The van der Waals surface area contributed by atoms with Gasteiger partial charge in [-0.2, -0.15) is 9.40 Å². The molecule has 1 aliphatic heterocycles. The van der Waals surface area contributed by atoms with E-state index in [1.807, 2.05) is 19.1 Å². The molecule has 0 radical (unpaired) electrons. The van der Waals surface area contributed by atoms with Crippen molar-refractivity contribution in [2.45, 2.75) is 50.5 Å². The lowest BCUT2D eigenvalue weighted by Gasteiger charge is -2.30. The van der Waals surface area contributed by atoms with Crippen LogP contribution >= 0.6 is 0 Å². The Morgan fingerprint density at radius 2 is 1.76 bits per heavy atom. The highest BCUT2D eigenvalue weighted by Crippen LogP contribution is 2.29. The summed E-state index contributed by atoms with van der Waals surface area (Å²) in [6, 6.07) is 15.5. The molecule has 5 rings (SSSR count). The summed E-state index contributed by atoms with van der Waals surface area (Å²) in [7, 11) is -3.54. The highest BCUT2D eigenvalue weighted by Gasteiger charge is 2.33. The Morgan fingerprint density at radius 1 is 1.03 bits per heavy atom. The first kappa shape index (κ1) is 22.8. The van der Waals surface area contributed by atoms with Gasteiger partial charge in [0.1, 0.15) is 5.82 Å². The van der Waals surface area contributed by atoms with Crippen molar-refractivity contribution in [3.05, 3.63) is 77.0 Å². The molecular formula is C26H30N4O3S. The van der Waals surface area contributed by atoms with Crippen molar-refractivity contribution >= 4 is 21.7 Å². The summed E-state index contributed by atoms with van der Waals surface area (Å²) >= 11 is 0. The Balaban J connectivity index is 1.20. The lowest BCUT2D eigenvalue weighted by molar-refractivity contribution is -0.121. The zero-order chi connectivity index (χ0) is 23.7. The first-order valence-electron chi connectivity index (χ1n) is 11.9. The number of aryl methyl sites for hydroxylation is 3. The summed E-state index contributed by atoms with van der Waals surface area (Å²) in [5.41, 5.74) is 4.71. The number of carbonyl (C=O) groups is 1. The number of piperidine rings is 1. The van der Waals surface area contributed by atoms with Gasteiger partial charge in [0.2, 0.25) is 15.9 Å². The van der Waals surface area contributed by atoms with Gasteiger partial charge in [-0.3, -0.25) is 4.79 Å². The first-order valence-corrected chi connectivity index (χ1v) is 13.3. The number of hydrogen-bond donors (Lipinski definition) is 1. The van der Waals surface area contributed by atoms with E-state index in [1.165, 1.54) is 15.4 Å². The number of sulfonamides is 1. The van der Waals surface area contributed by atoms with Crippen LogP contribution in [-0.4, -0.2) is 41.5 Å². The van der Waals surface area contributed by atoms with Gasteiger partial charge in [0.05, 0.1) is 17.6 Å². The van der Waals surface area contributed by atoms with E-state index in [9.17, 15) is 13.2 Å². The molecule has 3 aromatic rings. The Hall–Kier alpha value is -2.97. The Labute approximate surface area is 200 Å². The predicted octanol–water partition coefficient (Wildman–Crippen LogP) is 3.77. The number of anilines is 1. The molecule has 2 aromatic carbocycles. The molecule has 1 aromatic heterocycles. The molecule has 0 unspecified atom stereocenters. The minimum atomic E-state index is -3.54. The molecule has 1 saturated heterocycles. The maximum atomic E-state index is 13.2.